The third kappa shape index (κ3) is 3.03. The highest BCUT2D eigenvalue weighted by Gasteiger charge is 2.20. The third-order valence-electron chi connectivity index (χ3n) is 5.27. The van der Waals surface area contributed by atoms with Gasteiger partial charge in [0.1, 0.15) is 24.4 Å². The van der Waals surface area contributed by atoms with E-state index in [1.54, 1.807) is 12.1 Å². The topological polar surface area (TPSA) is 95.2 Å². The number of para-hydroxylation sites is 1. The first-order chi connectivity index (χ1) is 14.3. The van der Waals surface area contributed by atoms with Crippen LogP contribution in [0.1, 0.15) is 12.8 Å². The van der Waals surface area contributed by atoms with Crippen LogP contribution in [0.4, 0.5) is 0 Å². The Bertz CT molecular complexity index is 1260. The zero-order chi connectivity index (χ0) is 19.8. The SMILES string of the molecule is NCCCCn1cc(-c2nc3c4c(ccc3[nH]c2=O)OCCO4)c2ccccc21. The lowest BCUT2D eigenvalue weighted by molar-refractivity contribution is 0.173. The summed E-state index contributed by atoms with van der Waals surface area (Å²) in [5.41, 5.74) is 8.94. The first-order valence-electron chi connectivity index (χ1n) is 9.87. The molecule has 3 N–H and O–H groups in total. The van der Waals surface area contributed by atoms with E-state index in [0.29, 0.717) is 48.0 Å². The van der Waals surface area contributed by atoms with E-state index in [-0.39, 0.29) is 5.56 Å². The van der Waals surface area contributed by atoms with Crippen molar-refractivity contribution < 1.29 is 9.47 Å². The summed E-state index contributed by atoms with van der Waals surface area (Å²) in [4.78, 5) is 20.6. The molecule has 29 heavy (non-hydrogen) atoms. The highest BCUT2D eigenvalue weighted by Crippen LogP contribution is 2.37. The minimum atomic E-state index is -0.223. The molecule has 148 valence electrons. The Hall–Kier alpha value is -3.32. The molecule has 1 aliphatic rings. The number of rotatable bonds is 5. The fourth-order valence-corrected chi connectivity index (χ4v) is 3.89. The predicted octanol–water partition coefficient (Wildman–Crippen LogP) is 3.05. The van der Waals surface area contributed by atoms with E-state index >= 15 is 0 Å². The monoisotopic (exact) mass is 390 g/mol. The van der Waals surface area contributed by atoms with E-state index in [0.717, 1.165) is 35.9 Å². The van der Waals surface area contributed by atoms with Crippen molar-refractivity contribution in [3.05, 3.63) is 52.9 Å². The zero-order valence-corrected chi connectivity index (χ0v) is 16.0. The van der Waals surface area contributed by atoms with Crippen LogP contribution in [-0.2, 0) is 6.54 Å². The predicted molar refractivity (Wildman–Crippen MR) is 113 cm³/mol. The molecule has 0 unspecified atom stereocenters. The zero-order valence-electron chi connectivity index (χ0n) is 16.0. The summed E-state index contributed by atoms with van der Waals surface area (Å²) in [5.74, 6) is 1.23. The van der Waals surface area contributed by atoms with Crippen molar-refractivity contribution in [2.75, 3.05) is 19.8 Å². The Morgan fingerprint density at radius 1 is 1.10 bits per heavy atom. The van der Waals surface area contributed by atoms with Gasteiger partial charge in [-0.1, -0.05) is 18.2 Å². The maximum absolute atomic E-state index is 12.9. The van der Waals surface area contributed by atoms with Crippen LogP contribution in [0.3, 0.4) is 0 Å². The molecule has 0 saturated carbocycles. The smallest absolute Gasteiger partial charge is 0.275 e. The summed E-state index contributed by atoms with van der Waals surface area (Å²) in [5, 5.41) is 1.000. The number of nitrogens with zero attached hydrogens (tertiary/aromatic N) is 2. The number of benzene rings is 2. The molecule has 0 bridgehead atoms. The van der Waals surface area contributed by atoms with Gasteiger partial charge in [0.05, 0.1) is 5.52 Å². The van der Waals surface area contributed by atoms with Crippen LogP contribution in [0.5, 0.6) is 11.5 Å². The van der Waals surface area contributed by atoms with E-state index in [2.05, 4.69) is 15.6 Å². The summed E-state index contributed by atoms with van der Waals surface area (Å²) in [6, 6.07) is 11.7. The molecule has 0 atom stereocenters. The second-order valence-corrected chi connectivity index (χ2v) is 7.15. The minimum Gasteiger partial charge on any atom is -0.486 e. The molecule has 7 heteroatoms. The number of H-pyrrole nitrogens is 1. The summed E-state index contributed by atoms with van der Waals surface area (Å²) < 4.78 is 13.6. The molecule has 4 aromatic rings. The Kier molecular flexibility index (Phi) is 4.44. The Morgan fingerprint density at radius 2 is 1.97 bits per heavy atom. The van der Waals surface area contributed by atoms with Crippen LogP contribution in [0, 0.1) is 0 Å². The number of ether oxygens (including phenoxy) is 2. The van der Waals surface area contributed by atoms with Gasteiger partial charge in [-0.25, -0.2) is 4.98 Å². The van der Waals surface area contributed by atoms with Crippen molar-refractivity contribution in [3.8, 4) is 22.8 Å². The second kappa shape index (κ2) is 7.25. The fourth-order valence-electron chi connectivity index (χ4n) is 3.89. The summed E-state index contributed by atoms with van der Waals surface area (Å²) >= 11 is 0. The quantitative estimate of drug-likeness (QED) is 0.511. The van der Waals surface area contributed by atoms with E-state index in [1.807, 2.05) is 24.4 Å². The van der Waals surface area contributed by atoms with E-state index in [1.165, 1.54) is 0 Å². The van der Waals surface area contributed by atoms with Gasteiger partial charge in [-0.05, 0) is 37.6 Å². The van der Waals surface area contributed by atoms with Gasteiger partial charge in [-0.3, -0.25) is 4.79 Å². The lowest BCUT2D eigenvalue weighted by Crippen LogP contribution is -2.17. The normalized spacial score (nSPS) is 13.3. The van der Waals surface area contributed by atoms with Crippen molar-refractivity contribution in [3.63, 3.8) is 0 Å². The van der Waals surface area contributed by atoms with Gasteiger partial charge in [-0.15, -0.1) is 0 Å². The van der Waals surface area contributed by atoms with Crippen molar-refractivity contribution in [1.82, 2.24) is 14.5 Å². The average Bonchev–Trinajstić information content (AvgIpc) is 3.12. The minimum absolute atomic E-state index is 0.223. The number of aromatic amines is 1. The van der Waals surface area contributed by atoms with Crippen LogP contribution in [-0.4, -0.2) is 34.3 Å². The molecular formula is C22H22N4O3. The lowest BCUT2D eigenvalue weighted by Gasteiger charge is -2.19. The van der Waals surface area contributed by atoms with Gasteiger partial charge in [0.15, 0.2) is 11.5 Å². The first-order valence-corrected chi connectivity index (χ1v) is 9.87. The van der Waals surface area contributed by atoms with E-state index in [9.17, 15) is 4.79 Å². The largest absolute Gasteiger partial charge is 0.486 e. The molecule has 7 nitrogen and oxygen atoms in total. The molecule has 0 aliphatic carbocycles. The average molecular weight is 390 g/mol. The highest BCUT2D eigenvalue weighted by atomic mass is 16.6. The lowest BCUT2D eigenvalue weighted by atomic mass is 10.1. The molecular weight excluding hydrogens is 368 g/mol. The maximum Gasteiger partial charge on any atom is 0.275 e. The molecule has 5 rings (SSSR count). The van der Waals surface area contributed by atoms with Gasteiger partial charge in [0, 0.05) is 29.2 Å². The number of unbranched alkanes of at least 4 members (excludes halogenated alkanes) is 1. The van der Waals surface area contributed by atoms with Crippen LogP contribution in [0.2, 0.25) is 0 Å². The van der Waals surface area contributed by atoms with Crippen molar-refractivity contribution in [2.24, 2.45) is 5.73 Å². The molecule has 0 amide bonds. The second-order valence-electron chi connectivity index (χ2n) is 7.15. The molecule has 2 aromatic carbocycles. The van der Waals surface area contributed by atoms with Gasteiger partial charge >= 0.3 is 0 Å². The Morgan fingerprint density at radius 3 is 2.86 bits per heavy atom. The van der Waals surface area contributed by atoms with E-state index in [4.69, 9.17) is 20.2 Å². The number of nitrogens with one attached hydrogen (secondary N) is 1. The number of hydrogen-bond donors (Lipinski definition) is 2. The number of fused-ring (bicyclic) bond motifs is 4. The van der Waals surface area contributed by atoms with Crippen molar-refractivity contribution >= 4 is 21.9 Å². The molecule has 2 aromatic heterocycles. The fraction of sp³-hybridized carbons (Fsp3) is 0.273. The van der Waals surface area contributed by atoms with Crippen molar-refractivity contribution in [2.45, 2.75) is 19.4 Å². The molecule has 0 spiro atoms. The standard InChI is InChI=1S/C22H22N4O3/c23-9-3-4-10-26-13-15(14-5-1-2-6-17(14)26)19-22(27)24-16-7-8-18-21(20(16)25-19)29-12-11-28-18/h1-2,5-8,13H,3-4,9-12,23H2,(H,24,27). The highest BCUT2D eigenvalue weighted by molar-refractivity contribution is 5.96. The number of nitrogens with two attached hydrogens (primary N) is 1. The summed E-state index contributed by atoms with van der Waals surface area (Å²) in [7, 11) is 0. The molecule has 1 aliphatic heterocycles. The maximum atomic E-state index is 12.9. The van der Waals surface area contributed by atoms with Gasteiger partial charge in [-0.2, -0.15) is 0 Å². The number of hydrogen-bond acceptors (Lipinski definition) is 5. The molecule has 3 heterocycles. The summed E-state index contributed by atoms with van der Waals surface area (Å²) in [6.45, 7) is 2.48. The van der Waals surface area contributed by atoms with Crippen LogP contribution < -0.4 is 20.8 Å². The molecule has 0 saturated heterocycles. The van der Waals surface area contributed by atoms with Crippen LogP contribution in [0.25, 0.3) is 33.2 Å². The Balaban J connectivity index is 1.70. The van der Waals surface area contributed by atoms with Gasteiger partial charge < -0.3 is 24.8 Å². The van der Waals surface area contributed by atoms with Gasteiger partial charge in [0.2, 0.25) is 0 Å². The Labute approximate surface area is 167 Å². The number of aromatic nitrogens is 3. The van der Waals surface area contributed by atoms with Crippen LogP contribution in [0.15, 0.2) is 47.4 Å². The first kappa shape index (κ1) is 17.8. The third-order valence-corrected chi connectivity index (χ3v) is 5.27. The van der Waals surface area contributed by atoms with Gasteiger partial charge in [0.25, 0.3) is 5.56 Å². The summed E-state index contributed by atoms with van der Waals surface area (Å²) in [6.07, 6.45) is 3.95. The van der Waals surface area contributed by atoms with Crippen molar-refractivity contribution in [1.29, 1.82) is 0 Å². The number of aryl methyl sites for hydroxylation is 1. The van der Waals surface area contributed by atoms with Crippen LogP contribution >= 0.6 is 0 Å². The molecule has 0 fully saturated rings. The van der Waals surface area contributed by atoms with E-state index < -0.39 is 0 Å². The molecule has 0 radical (unpaired) electrons.